The molecule has 0 N–H and O–H groups in total. The van der Waals surface area contributed by atoms with Gasteiger partial charge in [-0.15, -0.1) is 0 Å². The van der Waals surface area contributed by atoms with E-state index in [1.165, 1.54) is 24.3 Å². The normalized spacial score (nSPS) is 12.3. The number of nitro groups is 1. The number of hydrogen-bond acceptors (Lipinski definition) is 9. The summed E-state index contributed by atoms with van der Waals surface area (Å²) >= 11 is 0. The molecule has 0 atom stereocenters. The summed E-state index contributed by atoms with van der Waals surface area (Å²) < 4.78 is 53.3. The van der Waals surface area contributed by atoms with E-state index >= 15 is 0 Å². The second kappa shape index (κ2) is 10.9. The van der Waals surface area contributed by atoms with Crippen LogP contribution < -0.4 is 4.74 Å². The molecule has 0 saturated heterocycles. The maximum absolute atomic E-state index is 13.3. The van der Waals surface area contributed by atoms with E-state index in [1.807, 2.05) is 0 Å². The first-order valence-corrected chi connectivity index (χ1v) is 11.7. The van der Waals surface area contributed by atoms with Gasteiger partial charge in [-0.3, -0.25) is 19.2 Å². The van der Waals surface area contributed by atoms with Crippen molar-refractivity contribution in [2.45, 2.75) is 33.3 Å². The standard InChI is InChI=1S/C15H25NO9P2/c1-5-21-26(19,22-6-2)15(27(20,23-7-3)24-8-4)25-14-11-9-13(10-12-14)16(17)18/h9-12,15H,5-8H2,1-4H3. The number of nitro benzene ring substituents is 1. The van der Waals surface area contributed by atoms with Gasteiger partial charge in [0.25, 0.3) is 11.3 Å². The molecule has 1 aromatic carbocycles. The minimum Gasteiger partial charge on any atom is -0.465 e. The predicted octanol–water partition coefficient (Wildman–Crippen LogP) is 4.79. The minimum atomic E-state index is -4.08. The predicted molar refractivity (Wildman–Crippen MR) is 99.2 cm³/mol. The molecule has 1 aromatic rings. The molecule has 1 rings (SSSR count). The summed E-state index contributed by atoms with van der Waals surface area (Å²) in [7, 11) is -8.15. The fraction of sp³-hybridized carbons (Fsp3) is 0.600. The van der Waals surface area contributed by atoms with Crippen LogP contribution in [0.2, 0.25) is 0 Å². The van der Waals surface area contributed by atoms with E-state index in [2.05, 4.69) is 0 Å². The van der Waals surface area contributed by atoms with E-state index in [0.717, 1.165) is 0 Å². The van der Waals surface area contributed by atoms with Gasteiger partial charge in [0.05, 0.1) is 31.4 Å². The van der Waals surface area contributed by atoms with E-state index < -0.39 is 25.7 Å². The first-order valence-electron chi connectivity index (χ1n) is 8.44. The Morgan fingerprint density at radius 2 is 1.22 bits per heavy atom. The van der Waals surface area contributed by atoms with Crippen molar-refractivity contribution in [1.82, 2.24) is 0 Å². The van der Waals surface area contributed by atoms with Gasteiger partial charge in [0.2, 0.25) is 0 Å². The molecule has 0 heterocycles. The van der Waals surface area contributed by atoms with Crippen LogP contribution in [-0.4, -0.2) is 36.9 Å². The van der Waals surface area contributed by atoms with Crippen molar-refractivity contribution < 1.29 is 36.9 Å². The molecule has 0 aliphatic carbocycles. The number of non-ortho nitro benzene ring substituents is 1. The van der Waals surface area contributed by atoms with Crippen LogP contribution in [0, 0.1) is 10.1 Å². The van der Waals surface area contributed by atoms with Crippen molar-refractivity contribution in [3.05, 3.63) is 34.4 Å². The second-order valence-corrected chi connectivity index (χ2v) is 9.48. The molecule has 0 fully saturated rings. The lowest BCUT2D eigenvalue weighted by Gasteiger charge is -2.31. The summed E-state index contributed by atoms with van der Waals surface area (Å²) in [6.07, 6.45) is 0. The molecule has 154 valence electrons. The molecule has 0 amide bonds. The van der Waals surface area contributed by atoms with Crippen LogP contribution >= 0.6 is 15.2 Å². The lowest BCUT2D eigenvalue weighted by Crippen LogP contribution is -2.23. The Bertz CT molecular complexity index is 645. The maximum atomic E-state index is 13.3. The van der Waals surface area contributed by atoms with Gasteiger partial charge in [-0.05, 0) is 39.8 Å². The lowest BCUT2D eigenvalue weighted by atomic mass is 10.3. The zero-order valence-corrected chi connectivity index (χ0v) is 17.5. The summed E-state index contributed by atoms with van der Waals surface area (Å²) in [6.45, 7) is 6.43. The zero-order chi connectivity index (χ0) is 20.5. The number of ether oxygens (including phenoxy) is 1. The average Bonchev–Trinajstić information content (AvgIpc) is 2.60. The summed E-state index contributed by atoms with van der Waals surface area (Å²) in [4.78, 5) is 10.2. The SMILES string of the molecule is CCOP(=O)(OCC)C(Oc1ccc([N+](=O)[O-])cc1)P(=O)(OCC)OCC. The molecule has 0 aliphatic rings. The van der Waals surface area contributed by atoms with Gasteiger partial charge in [0, 0.05) is 12.1 Å². The topological polar surface area (TPSA) is 123 Å². The first kappa shape index (κ1) is 23.8. The largest absolute Gasteiger partial charge is 0.465 e. The van der Waals surface area contributed by atoms with Gasteiger partial charge in [0.15, 0.2) is 0 Å². The summed E-state index contributed by atoms with van der Waals surface area (Å²) in [5.74, 6) is 0.0739. The van der Waals surface area contributed by atoms with Crippen LogP contribution in [0.5, 0.6) is 5.75 Å². The Balaban J connectivity index is 3.36. The number of rotatable bonds is 13. The van der Waals surface area contributed by atoms with Crippen LogP contribution in [0.15, 0.2) is 24.3 Å². The van der Waals surface area contributed by atoms with Crippen molar-refractivity contribution in [1.29, 1.82) is 0 Å². The van der Waals surface area contributed by atoms with Crippen LogP contribution in [0.1, 0.15) is 27.7 Å². The Labute approximate surface area is 158 Å². The van der Waals surface area contributed by atoms with Crippen LogP contribution in [0.3, 0.4) is 0 Å². The van der Waals surface area contributed by atoms with E-state index in [1.54, 1.807) is 27.7 Å². The molecular formula is C15H25NO9P2. The van der Waals surface area contributed by atoms with Gasteiger partial charge < -0.3 is 22.8 Å². The molecule has 0 saturated carbocycles. The smallest absolute Gasteiger partial charge is 0.383 e. The van der Waals surface area contributed by atoms with E-state index in [0.29, 0.717) is 0 Å². The monoisotopic (exact) mass is 425 g/mol. The number of benzene rings is 1. The van der Waals surface area contributed by atoms with Gasteiger partial charge in [-0.2, -0.15) is 0 Å². The fourth-order valence-corrected chi connectivity index (χ4v) is 6.91. The number of nitrogens with zero attached hydrogens (tertiary/aromatic N) is 1. The minimum absolute atomic E-state index is 0.00957. The Morgan fingerprint density at radius 1 is 0.852 bits per heavy atom. The van der Waals surface area contributed by atoms with Gasteiger partial charge in [-0.1, -0.05) is 0 Å². The Morgan fingerprint density at radius 3 is 1.52 bits per heavy atom. The molecular weight excluding hydrogens is 400 g/mol. The third kappa shape index (κ3) is 6.38. The second-order valence-electron chi connectivity index (χ2n) is 4.95. The quantitative estimate of drug-likeness (QED) is 0.249. The van der Waals surface area contributed by atoms with Gasteiger partial charge in [-0.25, -0.2) is 0 Å². The summed E-state index contributed by atoms with van der Waals surface area (Å²) in [5.41, 5.74) is -1.85. The molecule has 0 aliphatic heterocycles. The maximum Gasteiger partial charge on any atom is 0.383 e. The van der Waals surface area contributed by atoms with Crippen molar-refractivity contribution in [3.63, 3.8) is 0 Å². The van der Waals surface area contributed by atoms with E-state index in [9.17, 15) is 19.2 Å². The summed E-state index contributed by atoms with van der Waals surface area (Å²) in [5, 5.41) is 10.8. The number of hydrogen-bond donors (Lipinski definition) is 0. The van der Waals surface area contributed by atoms with Crippen LogP contribution in [0.4, 0.5) is 5.69 Å². The molecule has 27 heavy (non-hydrogen) atoms. The third-order valence-electron chi connectivity index (χ3n) is 3.07. The van der Waals surface area contributed by atoms with Crippen molar-refractivity contribution in [2.75, 3.05) is 26.4 Å². The first-order chi connectivity index (χ1) is 12.8. The van der Waals surface area contributed by atoms with E-state index in [-0.39, 0.29) is 37.9 Å². The molecule has 10 nitrogen and oxygen atoms in total. The third-order valence-corrected chi connectivity index (χ3v) is 8.53. The van der Waals surface area contributed by atoms with Crippen molar-refractivity contribution in [2.24, 2.45) is 0 Å². The average molecular weight is 425 g/mol. The van der Waals surface area contributed by atoms with Crippen molar-refractivity contribution in [3.8, 4) is 5.75 Å². The Kier molecular flexibility index (Phi) is 9.59. The molecule has 12 heteroatoms. The van der Waals surface area contributed by atoms with E-state index in [4.69, 9.17) is 22.8 Å². The Hall–Kier alpha value is -1.28. The highest BCUT2D eigenvalue weighted by Gasteiger charge is 2.53. The highest BCUT2D eigenvalue weighted by atomic mass is 31.2. The molecule has 0 unspecified atom stereocenters. The van der Waals surface area contributed by atoms with Gasteiger partial charge >= 0.3 is 15.2 Å². The highest BCUT2D eigenvalue weighted by Crippen LogP contribution is 2.70. The molecule has 0 spiro atoms. The van der Waals surface area contributed by atoms with Gasteiger partial charge in [0.1, 0.15) is 5.75 Å². The molecule has 0 bridgehead atoms. The lowest BCUT2D eigenvalue weighted by molar-refractivity contribution is -0.384. The fourth-order valence-electron chi connectivity index (χ4n) is 2.12. The van der Waals surface area contributed by atoms with Crippen molar-refractivity contribution >= 4 is 20.9 Å². The van der Waals surface area contributed by atoms with Crippen LogP contribution in [0.25, 0.3) is 0 Å². The zero-order valence-electron chi connectivity index (χ0n) is 15.7. The van der Waals surface area contributed by atoms with Crippen LogP contribution in [-0.2, 0) is 27.2 Å². The molecule has 0 aromatic heterocycles. The summed E-state index contributed by atoms with van der Waals surface area (Å²) in [6, 6.07) is 4.97. The highest BCUT2D eigenvalue weighted by molar-refractivity contribution is 7.72. The molecule has 0 radical (unpaired) electrons.